The Bertz CT molecular complexity index is 1160. The van der Waals surface area contributed by atoms with Crippen LogP contribution in [0.4, 0.5) is 5.82 Å². The second kappa shape index (κ2) is 7.65. The molecule has 0 spiro atoms. The molecule has 1 fully saturated rings. The molecule has 1 aliphatic rings. The Morgan fingerprint density at radius 1 is 1.10 bits per heavy atom. The molecule has 7 heteroatoms. The van der Waals surface area contributed by atoms with Gasteiger partial charge < -0.3 is 20.1 Å². The number of hydrogen-bond acceptors (Lipinski definition) is 6. The number of fused-ring (bicyclic) bond motifs is 1. The molecule has 0 bridgehead atoms. The van der Waals surface area contributed by atoms with E-state index < -0.39 is 0 Å². The van der Waals surface area contributed by atoms with Crippen LogP contribution in [-0.2, 0) is 0 Å². The number of nitrogens with two attached hydrogens (primary N) is 1. The number of nitrogens with zero attached hydrogens (tertiary/aromatic N) is 4. The molecule has 2 aromatic heterocycles. The average molecular weight is 387 g/mol. The third kappa shape index (κ3) is 3.51. The third-order valence-electron chi connectivity index (χ3n) is 4.80. The Morgan fingerprint density at radius 3 is 2.48 bits per heavy atom. The highest BCUT2D eigenvalue weighted by molar-refractivity contribution is 5.73. The zero-order valence-electron chi connectivity index (χ0n) is 16.6. The third-order valence-corrected chi connectivity index (χ3v) is 4.80. The summed E-state index contributed by atoms with van der Waals surface area (Å²) >= 11 is 0. The summed E-state index contributed by atoms with van der Waals surface area (Å²) in [5, 5.41) is 0. The first kappa shape index (κ1) is 18.5. The lowest BCUT2D eigenvalue weighted by molar-refractivity contribution is 0.228. The molecule has 1 aliphatic heterocycles. The maximum atomic E-state index is 6.15. The van der Waals surface area contributed by atoms with Crippen LogP contribution in [0.5, 0.6) is 11.5 Å². The number of imidazole rings is 1. The highest BCUT2D eigenvalue weighted by Crippen LogP contribution is 2.29. The van der Waals surface area contributed by atoms with E-state index in [-0.39, 0.29) is 5.92 Å². The summed E-state index contributed by atoms with van der Waals surface area (Å²) in [6.45, 7) is 3.51. The predicted molar refractivity (Wildman–Crippen MR) is 111 cm³/mol. The molecule has 2 N–H and O–H groups in total. The Morgan fingerprint density at radius 2 is 1.83 bits per heavy atom. The Hall–Kier alpha value is -3.84. The van der Waals surface area contributed by atoms with Crippen LogP contribution in [0.2, 0.25) is 0 Å². The topological polar surface area (TPSA) is 77.9 Å². The lowest BCUT2D eigenvalue weighted by atomic mass is 10.0. The largest absolute Gasteiger partial charge is 0.497 e. The zero-order valence-corrected chi connectivity index (χ0v) is 16.6. The van der Waals surface area contributed by atoms with Crippen molar-refractivity contribution in [2.75, 3.05) is 33.0 Å². The molecule has 29 heavy (non-hydrogen) atoms. The van der Waals surface area contributed by atoms with Crippen molar-refractivity contribution in [3.63, 3.8) is 0 Å². The summed E-state index contributed by atoms with van der Waals surface area (Å²) < 4.78 is 12.6. The normalized spacial score (nSPS) is 13.1. The molecular formula is C22H21N5O2. The van der Waals surface area contributed by atoms with Gasteiger partial charge in [-0.25, -0.2) is 9.97 Å². The average Bonchev–Trinajstić information content (AvgIpc) is 3.08. The molecule has 0 radical (unpaired) electrons. The summed E-state index contributed by atoms with van der Waals surface area (Å²) in [7, 11) is 3.22. The van der Waals surface area contributed by atoms with Crippen LogP contribution < -0.4 is 15.2 Å². The Labute approximate surface area is 169 Å². The van der Waals surface area contributed by atoms with Crippen LogP contribution in [0, 0.1) is 23.8 Å². The molecule has 1 aromatic carbocycles. The number of aromatic nitrogens is 3. The summed E-state index contributed by atoms with van der Waals surface area (Å²) in [5.74, 6) is 12.2. The highest BCUT2D eigenvalue weighted by Gasteiger charge is 2.31. The van der Waals surface area contributed by atoms with Gasteiger partial charge in [0, 0.05) is 43.2 Å². The molecule has 0 saturated carbocycles. The fourth-order valence-corrected chi connectivity index (χ4v) is 3.36. The monoisotopic (exact) mass is 387 g/mol. The van der Waals surface area contributed by atoms with Gasteiger partial charge in [-0.15, -0.1) is 0 Å². The second-order valence-corrected chi connectivity index (χ2v) is 6.66. The van der Waals surface area contributed by atoms with Gasteiger partial charge in [0.15, 0.2) is 5.82 Å². The number of likely N-dealkylation sites (tertiary alicyclic amines) is 1. The molecule has 0 aliphatic carbocycles. The minimum atomic E-state index is 0.276. The highest BCUT2D eigenvalue weighted by atomic mass is 16.5. The van der Waals surface area contributed by atoms with Gasteiger partial charge in [-0.3, -0.25) is 4.40 Å². The van der Waals surface area contributed by atoms with Crippen molar-refractivity contribution >= 4 is 11.3 Å². The molecular weight excluding hydrogens is 366 g/mol. The molecule has 0 atom stereocenters. The van der Waals surface area contributed by atoms with Gasteiger partial charge in [0.2, 0.25) is 0 Å². The van der Waals surface area contributed by atoms with Gasteiger partial charge in [0.25, 0.3) is 0 Å². The summed E-state index contributed by atoms with van der Waals surface area (Å²) in [6.07, 6.45) is 3.56. The van der Waals surface area contributed by atoms with Crippen molar-refractivity contribution in [2.45, 2.75) is 12.8 Å². The van der Waals surface area contributed by atoms with Crippen molar-refractivity contribution in [3.05, 3.63) is 47.7 Å². The zero-order chi connectivity index (χ0) is 20.4. The molecule has 3 heterocycles. The van der Waals surface area contributed by atoms with Crippen LogP contribution >= 0.6 is 0 Å². The summed E-state index contributed by atoms with van der Waals surface area (Å²) in [4.78, 5) is 11.1. The number of hydrogen-bond donors (Lipinski definition) is 1. The Kier molecular flexibility index (Phi) is 4.88. The minimum absolute atomic E-state index is 0.276. The van der Waals surface area contributed by atoms with Gasteiger partial charge in [0.05, 0.1) is 20.1 Å². The first-order valence-electron chi connectivity index (χ1n) is 9.17. The second-order valence-electron chi connectivity index (χ2n) is 6.66. The van der Waals surface area contributed by atoms with E-state index in [4.69, 9.17) is 20.2 Å². The summed E-state index contributed by atoms with van der Waals surface area (Å²) in [6, 6.07) is 8.58. The molecule has 4 rings (SSSR count). The summed E-state index contributed by atoms with van der Waals surface area (Å²) in [5.41, 5.74) is 8.25. The quantitative estimate of drug-likeness (QED) is 0.694. The van der Waals surface area contributed by atoms with E-state index in [1.807, 2.05) is 29.7 Å². The lowest BCUT2D eigenvalue weighted by Gasteiger charge is -2.35. The molecule has 0 unspecified atom stereocenters. The van der Waals surface area contributed by atoms with Crippen LogP contribution in [0.1, 0.15) is 29.9 Å². The number of ether oxygens (including phenoxy) is 2. The van der Waals surface area contributed by atoms with E-state index >= 15 is 0 Å². The fraction of sp³-hybridized carbons (Fsp3) is 0.273. The van der Waals surface area contributed by atoms with E-state index in [2.05, 4.69) is 33.7 Å². The standard InChI is InChI=1S/C22H21N5O2/c1-4-8-26-13-16(14-26)22-25-19(20-21(23)24-7-9-27(20)22)6-5-15-10-17(28-2)12-18(11-15)29-3/h7,9-12,16H,13-14H2,1-3H3,(H2,23,24). The molecule has 1 saturated heterocycles. The molecule has 7 nitrogen and oxygen atoms in total. The van der Waals surface area contributed by atoms with E-state index in [0.29, 0.717) is 23.0 Å². The molecule has 0 amide bonds. The SMILES string of the molecule is CC#CN1CC(c2nc(C#Cc3cc(OC)cc(OC)c3)c3c(N)nccn23)C1. The number of rotatable bonds is 3. The van der Waals surface area contributed by atoms with Crippen molar-refractivity contribution in [3.8, 4) is 35.3 Å². The Balaban J connectivity index is 1.74. The van der Waals surface area contributed by atoms with E-state index in [9.17, 15) is 0 Å². The predicted octanol–water partition coefficient (Wildman–Crippen LogP) is 2.11. The lowest BCUT2D eigenvalue weighted by Crippen LogP contribution is -2.42. The number of benzene rings is 1. The number of methoxy groups -OCH3 is 2. The van der Waals surface area contributed by atoms with E-state index in [1.54, 1.807) is 26.5 Å². The fourth-order valence-electron chi connectivity index (χ4n) is 3.36. The van der Waals surface area contributed by atoms with Gasteiger partial charge in [-0.1, -0.05) is 11.8 Å². The van der Waals surface area contributed by atoms with Gasteiger partial charge in [-0.2, -0.15) is 0 Å². The maximum Gasteiger partial charge on any atom is 0.150 e. The minimum Gasteiger partial charge on any atom is -0.497 e. The van der Waals surface area contributed by atoms with E-state index in [0.717, 1.165) is 30.0 Å². The van der Waals surface area contributed by atoms with Crippen LogP contribution in [0.3, 0.4) is 0 Å². The smallest absolute Gasteiger partial charge is 0.150 e. The van der Waals surface area contributed by atoms with Gasteiger partial charge in [-0.05, 0) is 25.0 Å². The number of anilines is 1. The van der Waals surface area contributed by atoms with Crippen molar-refractivity contribution in [1.82, 2.24) is 19.3 Å². The number of nitrogen functional groups attached to an aromatic ring is 1. The van der Waals surface area contributed by atoms with Crippen LogP contribution in [-0.4, -0.2) is 46.6 Å². The first-order chi connectivity index (χ1) is 14.1. The van der Waals surface area contributed by atoms with E-state index in [1.165, 1.54) is 0 Å². The van der Waals surface area contributed by atoms with Crippen LogP contribution in [0.25, 0.3) is 5.52 Å². The van der Waals surface area contributed by atoms with Crippen molar-refractivity contribution < 1.29 is 9.47 Å². The van der Waals surface area contributed by atoms with Gasteiger partial charge >= 0.3 is 0 Å². The maximum absolute atomic E-state index is 6.15. The van der Waals surface area contributed by atoms with Gasteiger partial charge in [0.1, 0.15) is 28.5 Å². The van der Waals surface area contributed by atoms with Crippen LogP contribution in [0.15, 0.2) is 30.6 Å². The first-order valence-corrected chi connectivity index (χ1v) is 9.17. The van der Waals surface area contributed by atoms with Crippen molar-refractivity contribution in [2.24, 2.45) is 0 Å². The van der Waals surface area contributed by atoms with Crippen molar-refractivity contribution in [1.29, 1.82) is 0 Å². The molecule has 146 valence electrons. The molecule has 3 aromatic rings.